The molecule has 1 aromatic carbocycles. The molecule has 106 valence electrons. The number of anilines is 2. The van der Waals surface area contributed by atoms with Crippen LogP contribution < -0.4 is 10.6 Å². The van der Waals surface area contributed by atoms with Crippen molar-refractivity contribution >= 4 is 17.3 Å². The second kappa shape index (κ2) is 7.14. The molecule has 2 N–H and O–H groups in total. The standard InChI is InChI=1S/C15H24N2O2/c1-15(2,3)9-10-16-12-5-7-13(8-6-12)17-14(18)11-19-4/h5-8,16H,9-11H2,1-4H3,(H,17,18). The monoisotopic (exact) mass is 264 g/mol. The Kier molecular flexibility index (Phi) is 5.83. The summed E-state index contributed by atoms with van der Waals surface area (Å²) < 4.78 is 4.76. The van der Waals surface area contributed by atoms with Gasteiger partial charge in [-0.1, -0.05) is 20.8 Å². The van der Waals surface area contributed by atoms with Crippen LogP contribution in [0.25, 0.3) is 0 Å². The lowest BCUT2D eigenvalue weighted by atomic mass is 9.92. The van der Waals surface area contributed by atoms with E-state index in [1.807, 2.05) is 24.3 Å². The van der Waals surface area contributed by atoms with Crippen molar-refractivity contribution in [1.82, 2.24) is 0 Å². The quantitative estimate of drug-likeness (QED) is 0.830. The van der Waals surface area contributed by atoms with Gasteiger partial charge in [-0.25, -0.2) is 0 Å². The van der Waals surface area contributed by atoms with E-state index < -0.39 is 0 Å². The summed E-state index contributed by atoms with van der Waals surface area (Å²) in [5.74, 6) is -0.143. The smallest absolute Gasteiger partial charge is 0.250 e. The second-order valence-electron chi connectivity index (χ2n) is 5.80. The lowest BCUT2D eigenvalue weighted by molar-refractivity contribution is -0.119. The van der Waals surface area contributed by atoms with Gasteiger partial charge in [0.15, 0.2) is 0 Å². The zero-order chi connectivity index (χ0) is 14.3. The molecule has 0 aliphatic rings. The predicted octanol–water partition coefficient (Wildman–Crippen LogP) is 3.12. The van der Waals surface area contributed by atoms with Crippen LogP contribution in [0.1, 0.15) is 27.2 Å². The van der Waals surface area contributed by atoms with Gasteiger partial charge in [-0.05, 0) is 36.1 Å². The summed E-state index contributed by atoms with van der Waals surface area (Å²) in [4.78, 5) is 11.3. The van der Waals surface area contributed by atoms with Gasteiger partial charge in [0.05, 0.1) is 0 Å². The molecule has 0 saturated carbocycles. The summed E-state index contributed by atoms with van der Waals surface area (Å²) in [7, 11) is 1.50. The highest BCUT2D eigenvalue weighted by Gasteiger charge is 2.08. The Balaban J connectivity index is 2.41. The average Bonchev–Trinajstić information content (AvgIpc) is 2.30. The number of rotatable bonds is 6. The Morgan fingerprint density at radius 3 is 2.26 bits per heavy atom. The maximum Gasteiger partial charge on any atom is 0.250 e. The molecule has 0 aliphatic heterocycles. The van der Waals surface area contributed by atoms with E-state index in [4.69, 9.17) is 4.74 Å². The SMILES string of the molecule is COCC(=O)Nc1ccc(NCCC(C)(C)C)cc1. The van der Waals surface area contributed by atoms with Crippen LogP contribution in [-0.4, -0.2) is 26.2 Å². The first-order chi connectivity index (χ1) is 8.90. The number of ether oxygens (including phenoxy) is 1. The number of hydrogen-bond acceptors (Lipinski definition) is 3. The van der Waals surface area contributed by atoms with Crippen molar-refractivity contribution in [3.63, 3.8) is 0 Å². The molecule has 4 heteroatoms. The van der Waals surface area contributed by atoms with E-state index >= 15 is 0 Å². The van der Waals surface area contributed by atoms with Crippen molar-refractivity contribution < 1.29 is 9.53 Å². The first kappa shape index (κ1) is 15.5. The number of hydrogen-bond donors (Lipinski definition) is 2. The summed E-state index contributed by atoms with van der Waals surface area (Å²) in [5, 5.41) is 6.13. The lowest BCUT2D eigenvalue weighted by Gasteiger charge is -2.18. The second-order valence-corrected chi connectivity index (χ2v) is 5.80. The van der Waals surface area contributed by atoms with Gasteiger partial charge in [-0.15, -0.1) is 0 Å². The van der Waals surface area contributed by atoms with E-state index in [1.54, 1.807) is 0 Å². The molecule has 4 nitrogen and oxygen atoms in total. The molecule has 0 aliphatic carbocycles. The Bertz CT molecular complexity index is 394. The molecule has 0 heterocycles. The number of carbonyl (C=O) groups is 1. The van der Waals surface area contributed by atoms with Crippen LogP contribution >= 0.6 is 0 Å². The Morgan fingerprint density at radius 2 is 1.74 bits per heavy atom. The summed E-state index contributed by atoms with van der Waals surface area (Å²) in [6.45, 7) is 7.69. The fraction of sp³-hybridized carbons (Fsp3) is 0.533. The lowest BCUT2D eigenvalue weighted by Crippen LogP contribution is -2.17. The van der Waals surface area contributed by atoms with Crippen LogP contribution in [0, 0.1) is 5.41 Å². The van der Waals surface area contributed by atoms with Gasteiger partial charge in [0.25, 0.3) is 0 Å². The molecule has 0 spiro atoms. The molecule has 1 aromatic rings. The molecule has 0 radical (unpaired) electrons. The molecule has 1 amide bonds. The molecular formula is C15H24N2O2. The van der Waals surface area contributed by atoms with Crippen LogP contribution in [-0.2, 0) is 9.53 Å². The van der Waals surface area contributed by atoms with Gasteiger partial charge in [0, 0.05) is 25.0 Å². The van der Waals surface area contributed by atoms with Crippen molar-refractivity contribution in [3.8, 4) is 0 Å². The molecular weight excluding hydrogens is 240 g/mol. The summed E-state index contributed by atoms with van der Waals surface area (Å²) >= 11 is 0. The first-order valence-electron chi connectivity index (χ1n) is 6.53. The maximum atomic E-state index is 11.3. The van der Waals surface area contributed by atoms with Crippen molar-refractivity contribution in [2.45, 2.75) is 27.2 Å². The van der Waals surface area contributed by atoms with E-state index in [1.165, 1.54) is 7.11 Å². The van der Waals surface area contributed by atoms with Crippen LogP contribution in [0.5, 0.6) is 0 Å². The van der Waals surface area contributed by atoms with Crippen molar-refractivity contribution in [2.75, 3.05) is 30.9 Å². The molecule has 0 aromatic heterocycles. The van der Waals surface area contributed by atoms with Gasteiger partial charge in [-0.3, -0.25) is 4.79 Å². The Hall–Kier alpha value is -1.55. The molecule has 0 fully saturated rings. The highest BCUT2D eigenvalue weighted by atomic mass is 16.5. The minimum absolute atomic E-state index is 0.0750. The zero-order valence-electron chi connectivity index (χ0n) is 12.2. The number of benzene rings is 1. The van der Waals surface area contributed by atoms with Crippen LogP contribution in [0.3, 0.4) is 0 Å². The number of carbonyl (C=O) groups excluding carboxylic acids is 1. The van der Waals surface area contributed by atoms with Crippen LogP contribution in [0.15, 0.2) is 24.3 Å². The van der Waals surface area contributed by atoms with Crippen molar-refractivity contribution in [2.24, 2.45) is 5.41 Å². The highest BCUT2D eigenvalue weighted by Crippen LogP contribution is 2.19. The summed E-state index contributed by atoms with van der Waals surface area (Å²) in [6, 6.07) is 7.69. The Morgan fingerprint density at radius 1 is 1.16 bits per heavy atom. The molecule has 0 saturated heterocycles. The normalized spacial score (nSPS) is 11.2. The third kappa shape index (κ3) is 6.82. The van der Waals surface area contributed by atoms with E-state index in [0.717, 1.165) is 24.3 Å². The molecule has 0 bridgehead atoms. The van der Waals surface area contributed by atoms with E-state index in [0.29, 0.717) is 5.41 Å². The van der Waals surface area contributed by atoms with E-state index in [-0.39, 0.29) is 12.5 Å². The Labute approximate surface area is 115 Å². The fourth-order valence-electron chi connectivity index (χ4n) is 1.58. The van der Waals surface area contributed by atoms with E-state index in [2.05, 4.69) is 31.4 Å². The van der Waals surface area contributed by atoms with Crippen molar-refractivity contribution in [3.05, 3.63) is 24.3 Å². The minimum atomic E-state index is -0.143. The fourth-order valence-corrected chi connectivity index (χ4v) is 1.58. The molecule has 1 rings (SSSR count). The molecule has 0 atom stereocenters. The molecule has 0 unspecified atom stereocenters. The van der Waals surface area contributed by atoms with E-state index in [9.17, 15) is 4.79 Å². The van der Waals surface area contributed by atoms with Gasteiger partial charge in [0.1, 0.15) is 6.61 Å². The topological polar surface area (TPSA) is 50.4 Å². The zero-order valence-corrected chi connectivity index (χ0v) is 12.2. The van der Waals surface area contributed by atoms with Gasteiger partial charge in [-0.2, -0.15) is 0 Å². The number of methoxy groups -OCH3 is 1. The predicted molar refractivity (Wildman–Crippen MR) is 79.5 cm³/mol. The average molecular weight is 264 g/mol. The number of nitrogens with one attached hydrogen (secondary N) is 2. The molecule has 19 heavy (non-hydrogen) atoms. The van der Waals surface area contributed by atoms with Crippen LogP contribution in [0.2, 0.25) is 0 Å². The van der Waals surface area contributed by atoms with Gasteiger partial charge in [0.2, 0.25) is 5.91 Å². The van der Waals surface area contributed by atoms with Crippen LogP contribution in [0.4, 0.5) is 11.4 Å². The largest absolute Gasteiger partial charge is 0.385 e. The third-order valence-corrected chi connectivity index (χ3v) is 2.65. The third-order valence-electron chi connectivity index (χ3n) is 2.65. The van der Waals surface area contributed by atoms with Gasteiger partial charge >= 0.3 is 0 Å². The maximum absolute atomic E-state index is 11.3. The number of amides is 1. The summed E-state index contributed by atoms with van der Waals surface area (Å²) in [5.41, 5.74) is 2.18. The first-order valence-corrected chi connectivity index (χ1v) is 6.53. The highest BCUT2D eigenvalue weighted by molar-refractivity contribution is 5.91. The minimum Gasteiger partial charge on any atom is -0.385 e. The summed E-state index contributed by atoms with van der Waals surface area (Å²) in [6.07, 6.45) is 1.11. The van der Waals surface area contributed by atoms with Gasteiger partial charge < -0.3 is 15.4 Å². The van der Waals surface area contributed by atoms with Crippen molar-refractivity contribution in [1.29, 1.82) is 0 Å².